The number of carbonyl (C=O) groups is 2. The van der Waals surface area contributed by atoms with Gasteiger partial charge in [-0.1, -0.05) is 11.6 Å². The summed E-state index contributed by atoms with van der Waals surface area (Å²) in [6, 6.07) is 1.67. The van der Waals surface area contributed by atoms with Crippen molar-refractivity contribution in [2.45, 2.75) is 25.9 Å². The molecule has 0 amide bonds. The summed E-state index contributed by atoms with van der Waals surface area (Å²) < 4.78 is 5.61. The van der Waals surface area contributed by atoms with Crippen molar-refractivity contribution in [1.29, 1.82) is 0 Å². The third-order valence-corrected chi connectivity index (χ3v) is 5.97. The summed E-state index contributed by atoms with van der Waals surface area (Å²) >= 11 is 7.33. The fourth-order valence-corrected chi connectivity index (χ4v) is 4.17. The number of carboxylic acids is 1. The van der Waals surface area contributed by atoms with Crippen molar-refractivity contribution in [1.82, 2.24) is 9.97 Å². The summed E-state index contributed by atoms with van der Waals surface area (Å²) in [6.07, 6.45) is 1.01. The van der Waals surface area contributed by atoms with Gasteiger partial charge in [0, 0.05) is 37.7 Å². The summed E-state index contributed by atoms with van der Waals surface area (Å²) in [6.45, 7) is 3.11. The van der Waals surface area contributed by atoms with E-state index >= 15 is 0 Å². The largest absolute Gasteiger partial charge is 0.476 e. The van der Waals surface area contributed by atoms with Gasteiger partial charge in [-0.15, -0.1) is 11.3 Å². The van der Waals surface area contributed by atoms with Gasteiger partial charge in [0.25, 0.3) is 0 Å². The minimum atomic E-state index is -1.03. The van der Waals surface area contributed by atoms with E-state index in [1.807, 2.05) is 11.8 Å². The van der Waals surface area contributed by atoms with E-state index in [1.165, 1.54) is 16.7 Å². The summed E-state index contributed by atoms with van der Waals surface area (Å²) in [5, 5.41) is 11.8. The van der Waals surface area contributed by atoms with Crippen molar-refractivity contribution in [3.8, 4) is 0 Å². The number of thiazole rings is 1. The molecule has 3 rings (SSSR count). The number of carboxylic acid groups (broad SMARTS) is 1. The number of aryl methyl sites for hydroxylation is 1. The standard InChI is InChI=1S/C17H20ClN3O4S/c1-9-11(18)6-12(19-9)14(22)5-10-3-4-21(7-15(10)25-2)17-20-13(8-26-17)16(23)24/h6,8,10,15,19H,3-5,7H2,1-2H3,(H,23,24). The van der Waals surface area contributed by atoms with Gasteiger partial charge in [-0.2, -0.15) is 0 Å². The number of aromatic amines is 1. The van der Waals surface area contributed by atoms with Crippen LogP contribution in [0.5, 0.6) is 0 Å². The number of ketones is 1. The highest BCUT2D eigenvalue weighted by molar-refractivity contribution is 7.13. The number of H-pyrrole nitrogens is 1. The summed E-state index contributed by atoms with van der Waals surface area (Å²) in [5.41, 5.74) is 1.36. The van der Waals surface area contributed by atoms with E-state index in [0.29, 0.717) is 35.4 Å². The number of aromatic carboxylic acids is 1. The molecule has 2 aromatic rings. The fourth-order valence-electron chi connectivity index (χ4n) is 3.18. The van der Waals surface area contributed by atoms with E-state index in [1.54, 1.807) is 13.2 Å². The Morgan fingerprint density at radius 3 is 2.88 bits per heavy atom. The molecule has 1 saturated heterocycles. The number of aromatic nitrogens is 2. The van der Waals surface area contributed by atoms with Gasteiger partial charge in [0.2, 0.25) is 0 Å². The lowest BCUT2D eigenvalue weighted by atomic mass is 9.88. The number of nitrogens with zero attached hydrogens (tertiary/aromatic N) is 2. The first-order valence-electron chi connectivity index (χ1n) is 8.24. The number of rotatable bonds is 6. The van der Waals surface area contributed by atoms with E-state index in [4.69, 9.17) is 21.4 Å². The molecule has 0 saturated carbocycles. The highest BCUT2D eigenvalue weighted by atomic mass is 35.5. The number of piperidine rings is 1. The molecule has 0 spiro atoms. The quantitative estimate of drug-likeness (QED) is 0.726. The number of methoxy groups -OCH3 is 1. The lowest BCUT2D eigenvalue weighted by Crippen LogP contribution is -2.45. The average Bonchev–Trinajstić information content (AvgIpc) is 3.23. The number of nitrogens with one attached hydrogen (secondary N) is 1. The summed E-state index contributed by atoms with van der Waals surface area (Å²) in [5.74, 6) is -0.927. The number of hydrogen-bond acceptors (Lipinski definition) is 6. The Morgan fingerprint density at radius 2 is 2.31 bits per heavy atom. The molecule has 1 aliphatic rings. The van der Waals surface area contributed by atoms with Gasteiger partial charge < -0.3 is 19.7 Å². The Morgan fingerprint density at radius 1 is 1.54 bits per heavy atom. The minimum absolute atomic E-state index is 0.0166. The lowest BCUT2D eigenvalue weighted by molar-refractivity contribution is 0.0374. The van der Waals surface area contributed by atoms with Crippen LogP contribution in [0.2, 0.25) is 5.02 Å². The van der Waals surface area contributed by atoms with Crippen LogP contribution in [-0.4, -0.2) is 53.1 Å². The zero-order valence-corrected chi connectivity index (χ0v) is 16.1. The molecule has 3 heterocycles. The number of ether oxygens (including phenoxy) is 1. The van der Waals surface area contributed by atoms with Gasteiger partial charge in [-0.05, 0) is 25.3 Å². The number of halogens is 1. The van der Waals surface area contributed by atoms with Crippen LogP contribution in [0.3, 0.4) is 0 Å². The SMILES string of the molecule is COC1CN(c2nc(C(=O)O)cs2)CCC1CC(=O)c1cc(Cl)c(C)[nH]1. The maximum atomic E-state index is 12.5. The molecular weight excluding hydrogens is 378 g/mol. The number of hydrogen-bond donors (Lipinski definition) is 2. The van der Waals surface area contributed by atoms with E-state index < -0.39 is 5.97 Å². The summed E-state index contributed by atoms with van der Waals surface area (Å²) in [7, 11) is 1.63. The van der Waals surface area contributed by atoms with Gasteiger partial charge >= 0.3 is 5.97 Å². The van der Waals surface area contributed by atoms with Crippen LogP contribution in [-0.2, 0) is 4.74 Å². The molecule has 2 aromatic heterocycles. The van der Waals surface area contributed by atoms with Gasteiger partial charge in [0.1, 0.15) is 0 Å². The molecule has 0 radical (unpaired) electrons. The highest BCUT2D eigenvalue weighted by Crippen LogP contribution is 2.30. The number of carbonyl (C=O) groups excluding carboxylic acids is 1. The second kappa shape index (κ2) is 7.77. The van der Waals surface area contributed by atoms with Crippen LogP contribution >= 0.6 is 22.9 Å². The summed E-state index contributed by atoms with van der Waals surface area (Å²) in [4.78, 5) is 32.7. The van der Waals surface area contributed by atoms with E-state index in [-0.39, 0.29) is 23.5 Å². The molecule has 26 heavy (non-hydrogen) atoms. The zero-order valence-electron chi connectivity index (χ0n) is 14.5. The molecule has 0 aromatic carbocycles. The van der Waals surface area contributed by atoms with Gasteiger partial charge in [-0.25, -0.2) is 9.78 Å². The van der Waals surface area contributed by atoms with Crippen molar-refractivity contribution in [3.63, 3.8) is 0 Å². The Bertz CT molecular complexity index is 799. The van der Waals surface area contributed by atoms with Crippen LogP contribution in [0.1, 0.15) is 39.5 Å². The molecule has 140 valence electrons. The van der Waals surface area contributed by atoms with Crippen LogP contribution in [0, 0.1) is 12.8 Å². The minimum Gasteiger partial charge on any atom is -0.476 e. The highest BCUT2D eigenvalue weighted by Gasteiger charge is 2.32. The first-order chi connectivity index (χ1) is 12.4. The third-order valence-electron chi connectivity index (χ3n) is 4.68. The van der Waals surface area contributed by atoms with Crippen LogP contribution in [0.15, 0.2) is 11.4 Å². The van der Waals surface area contributed by atoms with Crippen LogP contribution in [0.25, 0.3) is 0 Å². The molecule has 2 unspecified atom stereocenters. The second-order valence-corrected chi connectivity index (χ2v) is 7.62. The molecule has 1 fully saturated rings. The van der Waals surface area contributed by atoms with Crippen molar-refractivity contribution in [2.75, 3.05) is 25.1 Å². The first kappa shape index (κ1) is 18.9. The molecule has 0 bridgehead atoms. The molecule has 9 heteroatoms. The van der Waals surface area contributed by atoms with Gasteiger partial charge in [0.05, 0.1) is 16.8 Å². The van der Waals surface area contributed by atoms with Crippen molar-refractivity contribution in [3.05, 3.63) is 33.6 Å². The molecular formula is C17H20ClN3O4S. The van der Waals surface area contributed by atoms with Crippen LogP contribution in [0.4, 0.5) is 5.13 Å². The monoisotopic (exact) mass is 397 g/mol. The van der Waals surface area contributed by atoms with E-state index in [9.17, 15) is 9.59 Å². The Balaban J connectivity index is 1.65. The van der Waals surface area contributed by atoms with Crippen molar-refractivity contribution in [2.24, 2.45) is 5.92 Å². The molecule has 2 atom stereocenters. The zero-order chi connectivity index (χ0) is 18.8. The average molecular weight is 398 g/mol. The van der Waals surface area contributed by atoms with E-state index in [0.717, 1.165) is 12.1 Å². The predicted octanol–water partition coefficient (Wildman–Crippen LogP) is 3.25. The maximum Gasteiger partial charge on any atom is 0.355 e. The Labute approximate surface area is 159 Å². The van der Waals surface area contributed by atoms with Gasteiger partial charge in [-0.3, -0.25) is 4.79 Å². The predicted molar refractivity (Wildman–Crippen MR) is 99.7 cm³/mol. The maximum absolute atomic E-state index is 12.5. The second-order valence-electron chi connectivity index (χ2n) is 6.37. The molecule has 2 N–H and O–H groups in total. The fraction of sp³-hybridized carbons (Fsp3) is 0.471. The topological polar surface area (TPSA) is 95.5 Å². The van der Waals surface area contributed by atoms with Crippen LogP contribution < -0.4 is 4.90 Å². The molecule has 7 nitrogen and oxygen atoms in total. The van der Waals surface area contributed by atoms with Crippen molar-refractivity contribution >= 4 is 39.8 Å². The van der Waals surface area contributed by atoms with Gasteiger partial charge in [0.15, 0.2) is 16.6 Å². The number of Topliss-reactive ketones (excluding diaryl/α,β-unsaturated/α-hetero) is 1. The normalized spacial score (nSPS) is 20.3. The third kappa shape index (κ3) is 3.92. The first-order valence-corrected chi connectivity index (χ1v) is 9.49. The Hall–Kier alpha value is -1.90. The van der Waals surface area contributed by atoms with Crippen molar-refractivity contribution < 1.29 is 19.4 Å². The molecule has 1 aliphatic heterocycles. The van der Waals surface area contributed by atoms with E-state index in [2.05, 4.69) is 9.97 Å². The lowest BCUT2D eigenvalue weighted by Gasteiger charge is -2.37. The molecule has 0 aliphatic carbocycles. The smallest absolute Gasteiger partial charge is 0.355 e. The number of anilines is 1. The Kier molecular flexibility index (Phi) is 5.64.